The van der Waals surface area contributed by atoms with E-state index in [0.717, 1.165) is 0 Å². The highest BCUT2D eigenvalue weighted by molar-refractivity contribution is 5.72. The number of nitrogens with two attached hydrogens (primary N) is 3. The molecule has 1 unspecified atom stereocenters. The van der Waals surface area contributed by atoms with E-state index in [9.17, 15) is 4.79 Å². The molecule has 0 aliphatic carbocycles. The van der Waals surface area contributed by atoms with E-state index in [-0.39, 0.29) is 0 Å². The van der Waals surface area contributed by atoms with E-state index < -0.39 is 37.5 Å². The summed E-state index contributed by atoms with van der Waals surface area (Å²) in [6, 6.07) is -3.41. The van der Waals surface area contributed by atoms with Crippen LogP contribution in [0.2, 0.25) is 0 Å². The van der Waals surface area contributed by atoms with Crippen LogP contribution in [-0.4, -0.2) is 29.9 Å². The average Bonchev–Trinajstić information content (AvgIpc) is 2.14. The van der Waals surface area contributed by atoms with E-state index in [2.05, 4.69) is 0 Å². The van der Waals surface area contributed by atoms with Crippen LogP contribution in [0.15, 0.2) is 0 Å². The van der Waals surface area contributed by atoms with Gasteiger partial charge in [-0.2, -0.15) is 0 Å². The standard InChI is InChI=1S/C6H16N4O2/c7-4(5(11)12)2-1-3-10-6(8)9/h4,6,10H,1-3,7-9H2,(H,11,12)/i1D2,2+1D2,3D2,4D. The molecular weight excluding hydrogens is 161 g/mol. The van der Waals surface area contributed by atoms with Crippen molar-refractivity contribution in [2.75, 3.05) is 6.50 Å². The first-order valence-corrected chi connectivity index (χ1v) is 2.92. The van der Waals surface area contributed by atoms with Crippen molar-refractivity contribution >= 4 is 5.97 Å². The van der Waals surface area contributed by atoms with Crippen molar-refractivity contribution in [3.05, 3.63) is 0 Å². The van der Waals surface area contributed by atoms with E-state index in [1.54, 1.807) is 5.32 Å². The molecule has 6 nitrogen and oxygen atoms in total. The van der Waals surface area contributed by atoms with Crippen LogP contribution >= 0.6 is 0 Å². The highest BCUT2D eigenvalue weighted by Gasteiger charge is 2.09. The van der Waals surface area contributed by atoms with Gasteiger partial charge in [0.1, 0.15) is 12.3 Å². The van der Waals surface area contributed by atoms with E-state index in [4.69, 9.17) is 31.9 Å². The molecule has 0 aliphatic heterocycles. The smallest absolute Gasteiger partial charge is 0.320 e. The zero-order valence-electron chi connectivity index (χ0n) is 13.2. The van der Waals surface area contributed by atoms with Gasteiger partial charge in [0.2, 0.25) is 0 Å². The minimum absolute atomic E-state index is 1.52. The average molecular weight is 184 g/mol. The fourth-order valence-corrected chi connectivity index (χ4v) is 0.271. The third-order valence-electron chi connectivity index (χ3n) is 0.729. The predicted octanol–water partition coefficient (Wildman–Crippen LogP) is -2.03. The lowest BCUT2D eigenvalue weighted by Gasteiger charge is -2.09. The Labute approximate surface area is 80.9 Å². The number of carbonyl (C=O) groups is 1. The van der Waals surface area contributed by atoms with Gasteiger partial charge in [0.05, 0.1) is 1.37 Å². The summed E-state index contributed by atoms with van der Waals surface area (Å²) in [6.45, 7) is -3.16. The second-order valence-corrected chi connectivity index (χ2v) is 1.76. The van der Waals surface area contributed by atoms with Gasteiger partial charge in [-0.1, -0.05) is 0 Å². The summed E-state index contributed by atoms with van der Waals surface area (Å²) < 4.78 is 51.7. The summed E-state index contributed by atoms with van der Waals surface area (Å²) in [5, 5.41) is 10.4. The van der Waals surface area contributed by atoms with Crippen LogP contribution in [0.5, 0.6) is 0 Å². The Balaban J connectivity index is 5.69. The largest absolute Gasteiger partial charge is 0.480 e. The lowest BCUT2D eigenvalue weighted by Crippen LogP contribution is -2.45. The summed E-state index contributed by atoms with van der Waals surface area (Å²) in [5.74, 6) is -2.14. The Hall–Kier alpha value is -0.690. The number of carboxylic acid groups (broad SMARTS) is 1. The molecule has 0 fully saturated rings. The van der Waals surface area contributed by atoms with Gasteiger partial charge in [-0.3, -0.25) is 10.1 Å². The Morgan fingerprint density at radius 3 is 2.67 bits per heavy atom. The van der Waals surface area contributed by atoms with Crippen molar-refractivity contribution in [2.45, 2.75) is 25.1 Å². The first-order valence-electron chi connectivity index (χ1n) is 6.42. The monoisotopic (exact) mass is 184 g/mol. The van der Waals surface area contributed by atoms with Crippen LogP contribution < -0.4 is 22.5 Å². The van der Waals surface area contributed by atoms with Gasteiger partial charge in [-0.05, 0) is 19.2 Å². The number of carboxylic acids is 1. The van der Waals surface area contributed by atoms with Gasteiger partial charge < -0.3 is 22.3 Å². The van der Waals surface area contributed by atoms with Crippen LogP contribution in [0.3, 0.4) is 0 Å². The van der Waals surface area contributed by atoms with Gasteiger partial charge in [0.15, 0.2) is 0 Å². The third kappa shape index (κ3) is 6.05. The zero-order valence-corrected chi connectivity index (χ0v) is 6.16. The molecular formula is C6H16N4O2. The first-order chi connectivity index (χ1) is 8.11. The quantitative estimate of drug-likeness (QED) is 0.239. The second kappa shape index (κ2) is 5.90. The highest BCUT2D eigenvalue weighted by atomic mass is 16.4. The molecule has 8 N–H and O–H groups in total. The van der Waals surface area contributed by atoms with Crippen molar-refractivity contribution in [3.63, 3.8) is 0 Å². The fourth-order valence-electron chi connectivity index (χ4n) is 0.271. The predicted molar refractivity (Wildman–Crippen MR) is 45.0 cm³/mol. The number of hydrogen-bond donors (Lipinski definition) is 5. The Morgan fingerprint density at radius 1 is 1.67 bits per heavy atom. The van der Waals surface area contributed by atoms with Crippen LogP contribution in [0.25, 0.3) is 0 Å². The van der Waals surface area contributed by atoms with Gasteiger partial charge in [-0.15, -0.1) is 0 Å². The first kappa shape index (κ1) is 4.01. The molecule has 6 heteroatoms. The Kier molecular flexibility index (Phi) is 1.97. The summed E-state index contributed by atoms with van der Waals surface area (Å²) in [7, 11) is 0. The number of hydrogen-bond acceptors (Lipinski definition) is 5. The van der Waals surface area contributed by atoms with Crippen molar-refractivity contribution in [1.29, 1.82) is 0 Å². The molecule has 1 atom stereocenters. The summed E-state index contributed by atoms with van der Waals surface area (Å²) in [5.41, 5.74) is 15.0. The molecule has 0 bridgehead atoms. The summed E-state index contributed by atoms with van der Waals surface area (Å²) >= 11 is 0. The highest BCUT2D eigenvalue weighted by Crippen LogP contribution is 1.92. The van der Waals surface area contributed by atoms with E-state index >= 15 is 0 Å². The van der Waals surface area contributed by atoms with E-state index in [1.165, 1.54) is 0 Å². The van der Waals surface area contributed by atoms with Crippen molar-refractivity contribution in [3.8, 4) is 0 Å². The van der Waals surface area contributed by atoms with Crippen LogP contribution in [0.1, 0.15) is 22.3 Å². The van der Waals surface area contributed by atoms with Crippen molar-refractivity contribution in [2.24, 2.45) is 17.2 Å². The minimum atomic E-state index is -3.59. The lowest BCUT2D eigenvalue weighted by molar-refractivity contribution is -0.138. The van der Waals surface area contributed by atoms with Gasteiger partial charge >= 0.3 is 5.97 Å². The number of nitrogens with one attached hydrogen (secondary N) is 1. The maximum Gasteiger partial charge on any atom is 0.320 e. The Morgan fingerprint density at radius 2 is 2.25 bits per heavy atom. The summed E-state index contributed by atoms with van der Waals surface area (Å²) in [4.78, 5) is 10.8. The van der Waals surface area contributed by atoms with Gasteiger partial charge in [0, 0.05) is 8.22 Å². The molecule has 0 aromatic carbocycles. The minimum Gasteiger partial charge on any atom is -0.480 e. The molecule has 0 spiro atoms. The molecule has 0 radical (unpaired) electrons. The molecule has 72 valence electrons. The summed E-state index contributed by atoms with van der Waals surface area (Å²) in [6.07, 6.45) is -8.62. The SMILES string of the molecule is [2H]C([2H])(NC(N)N)C([2H])([2H])[13C]([2H])([2H])C([2H])(N)C(=O)O. The number of aliphatic carboxylic acids is 1. The molecule has 0 aromatic rings. The second-order valence-electron chi connectivity index (χ2n) is 1.76. The Bertz CT molecular complexity index is 359. The van der Waals surface area contributed by atoms with Gasteiger partial charge in [-0.25, -0.2) is 0 Å². The lowest BCUT2D eigenvalue weighted by atomic mass is 10.4. The van der Waals surface area contributed by atoms with Crippen LogP contribution in [0.4, 0.5) is 0 Å². The molecule has 0 heterocycles. The molecule has 12 heavy (non-hydrogen) atoms. The third-order valence-corrected chi connectivity index (χ3v) is 0.729. The number of rotatable bonds is 6. The maximum atomic E-state index is 10.8. The van der Waals surface area contributed by atoms with Crippen molar-refractivity contribution < 1.29 is 19.5 Å². The molecule has 0 aromatic heterocycles. The van der Waals surface area contributed by atoms with Crippen LogP contribution in [-0.2, 0) is 4.79 Å². The molecule has 0 rings (SSSR count). The fraction of sp³-hybridized carbons (Fsp3) is 0.833. The topological polar surface area (TPSA) is 127 Å². The molecule has 0 amide bonds. The molecule has 0 aliphatic rings. The van der Waals surface area contributed by atoms with E-state index in [1.807, 2.05) is 0 Å². The maximum absolute atomic E-state index is 10.8. The van der Waals surface area contributed by atoms with Crippen LogP contribution in [0, 0.1) is 0 Å². The van der Waals surface area contributed by atoms with E-state index in [0.29, 0.717) is 0 Å². The molecule has 0 saturated heterocycles. The zero-order chi connectivity index (χ0) is 15.9. The van der Waals surface area contributed by atoms with Gasteiger partial charge in [0.25, 0.3) is 0 Å². The normalized spacial score (nSPS) is 28.2. The molecule has 0 saturated carbocycles. The van der Waals surface area contributed by atoms with Crippen molar-refractivity contribution in [1.82, 2.24) is 5.32 Å².